The summed E-state index contributed by atoms with van der Waals surface area (Å²) in [7, 11) is 0. The normalized spacial score (nSPS) is 27.8. The maximum absolute atomic E-state index is 6.26. The first-order valence-electron chi connectivity index (χ1n) is 8.69. The van der Waals surface area contributed by atoms with E-state index >= 15 is 0 Å². The number of nitrogens with zero attached hydrogens (tertiary/aromatic N) is 2. The zero-order chi connectivity index (χ0) is 16.2. The van der Waals surface area contributed by atoms with Crippen molar-refractivity contribution < 1.29 is 9.47 Å². The summed E-state index contributed by atoms with van der Waals surface area (Å²) >= 11 is 1.77. The lowest BCUT2D eigenvalue weighted by Gasteiger charge is -2.39. The molecule has 4 nitrogen and oxygen atoms in total. The quantitative estimate of drug-likeness (QED) is 0.832. The van der Waals surface area contributed by atoms with E-state index in [1.807, 2.05) is 24.5 Å². The molecule has 2 aliphatic rings. The maximum Gasteiger partial charge on any atom is 0.0841 e. The van der Waals surface area contributed by atoms with Gasteiger partial charge in [0.2, 0.25) is 0 Å². The largest absolute Gasteiger partial charge is 0.371 e. The molecule has 4 heterocycles. The highest BCUT2D eigenvalue weighted by atomic mass is 32.1. The van der Waals surface area contributed by atoms with E-state index in [0.29, 0.717) is 6.61 Å². The minimum Gasteiger partial charge on any atom is -0.371 e. The van der Waals surface area contributed by atoms with E-state index in [1.165, 1.54) is 24.1 Å². The molecule has 2 fully saturated rings. The van der Waals surface area contributed by atoms with Gasteiger partial charge in [-0.05, 0) is 59.5 Å². The molecule has 0 aliphatic carbocycles. The van der Waals surface area contributed by atoms with E-state index in [9.17, 15) is 0 Å². The van der Waals surface area contributed by atoms with Gasteiger partial charge in [-0.25, -0.2) is 0 Å². The highest BCUT2D eigenvalue weighted by molar-refractivity contribution is 7.07. The molecule has 0 amide bonds. The standard InChI is InChI=1S/C19H24N2O2S/c1-5-19(15-21(8-1)11-17-4-9-24-14-17)10-18(13-23-19)22-12-16-2-6-20-7-3-16/h2-4,6-7,9,14,18H,1,5,8,10-13,15H2/t18-,19+/m0/s1. The van der Waals surface area contributed by atoms with E-state index in [-0.39, 0.29) is 11.7 Å². The first-order valence-corrected chi connectivity index (χ1v) is 9.64. The Kier molecular flexibility index (Phi) is 4.94. The number of aromatic nitrogens is 1. The van der Waals surface area contributed by atoms with Gasteiger partial charge in [0.05, 0.1) is 24.9 Å². The van der Waals surface area contributed by atoms with Crippen LogP contribution in [0.3, 0.4) is 0 Å². The van der Waals surface area contributed by atoms with Crippen LogP contribution in [-0.4, -0.2) is 41.3 Å². The van der Waals surface area contributed by atoms with Crippen molar-refractivity contribution in [2.45, 2.75) is 44.1 Å². The van der Waals surface area contributed by atoms with Crippen molar-refractivity contribution in [3.8, 4) is 0 Å². The third-order valence-electron chi connectivity index (χ3n) is 5.01. The number of rotatable bonds is 5. The van der Waals surface area contributed by atoms with Crippen LogP contribution in [0.4, 0.5) is 0 Å². The Morgan fingerprint density at radius 1 is 1.29 bits per heavy atom. The third kappa shape index (κ3) is 3.86. The van der Waals surface area contributed by atoms with E-state index < -0.39 is 0 Å². The van der Waals surface area contributed by atoms with Crippen molar-refractivity contribution in [2.75, 3.05) is 19.7 Å². The fourth-order valence-electron chi connectivity index (χ4n) is 3.85. The summed E-state index contributed by atoms with van der Waals surface area (Å²) in [6.07, 6.45) is 7.21. The van der Waals surface area contributed by atoms with Gasteiger partial charge in [0.15, 0.2) is 0 Å². The predicted octanol–water partition coefficient (Wildman–Crippen LogP) is 3.48. The van der Waals surface area contributed by atoms with Crippen molar-refractivity contribution in [3.05, 3.63) is 52.5 Å². The van der Waals surface area contributed by atoms with E-state index in [0.717, 1.165) is 32.5 Å². The van der Waals surface area contributed by atoms with Crippen LogP contribution in [0.25, 0.3) is 0 Å². The van der Waals surface area contributed by atoms with Crippen molar-refractivity contribution in [1.29, 1.82) is 0 Å². The molecule has 1 spiro atoms. The molecule has 2 aromatic rings. The zero-order valence-electron chi connectivity index (χ0n) is 13.9. The molecule has 0 aromatic carbocycles. The van der Waals surface area contributed by atoms with Gasteiger partial charge in [0.1, 0.15) is 0 Å². The lowest BCUT2D eigenvalue weighted by Crippen LogP contribution is -2.47. The topological polar surface area (TPSA) is 34.6 Å². The van der Waals surface area contributed by atoms with Gasteiger partial charge >= 0.3 is 0 Å². The number of likely N-dealkylation sites (tertiary alicyclic amines) is 1. The minimum absolute atomic E-state index is 0.00280. The zero-order valence-corrected chi connectivity index (χ0v) is 14.7. The van der Waals surface area contributed by atoms with Gasteiger partial charge in [0, 0.05) is 31.9 Å². The molecule has 0 N–H and O–H groups in total. The van der Waals surface area contributed by atoms with Crippen LogP contribution in [0.2, 0.25) is 0 Å². The van der Waals surface area contributed by atoms with Crippen molar-refractivity contribution in [2.24, 2.45) is 0 Å². The Balaban J connectivity index is 1.31. The van der Waals surface area contributed by atoms with E-state index in [4.69, 9.17) is 9.47 Å². The van der Waals surface area contributed by atoms with Gasteiger partial charge in [0.25, 0.3) is 0 Å². The Bertz CT molecular complexity index is 634. The summed E-state index contributed by atoms with van der Waals surface area (Å²) in [5, 5.41) is 4.40. The summed E-state index contributed by atoms with van der Waals surface area (Å²) in [4.78, 5) is 6.59. The predicted molar refractivity (Wildman–Crippen MR) is 94.9 cm³/mol. The molecule has 128 valence electrons. The average Bonchev–Trinajstić information content (AvgIpc) is 3.25. The molecule has 0 saturated carbocycles. The smallest absolute Gasteiger partial charge is 0.0841 e. The fraction of sp³-hybridized carbons (Fsp3) is 0.526. The molecule has 2 aliphatic heterocycles. The SMILES string of the molecule is c1cc(CO[C@@H]2CO[C@]3(CCCN(Cc4ccsc4)C3)C2)ccn1. The molecular weight excluding hydrogens is 320 g/mol. The minimum atomic E-state index is -0.00280. The Labute approximate surface area is 147 Å². The number of piperidine rings is 1. The highest BCUT2D eigenvalue weighted by Gasteiger charge is 2.43. The van der Waals surface area contributed by atoms with Crippen LogP contribution in [0.15, 0.2) is 41.4 Å². The lowest BCUT2D eigenvalue weighted by atomic mass is 9.89. The van der Waals surface area contributed by atoms with Crippen LogP contribution in [0, 0.1) is 0 Å². The number of thiophene rings is 1. The van der Waals surface area contributed by atoms with E-state index in [1.54, 1.807) is 11.3 Å². The molecule has 5 heteroatoms. The van der Waals surface area contributed by atoms with Gasteiger partial charge in [-0.1, -0.05) is 0 Å². The first-order chi connectivity index (χ1) is 11.8. The molecule has 2 aromatic heterocycles. The third-order valence-corrected chi connectivity index (χ3v) is 5.75. The summed E-state index contributed by atoms with van der Waals surface area (Å²) in [6.45, 7) is 4.60. The second kappa shape index (κ2) is 7.31. The van der Waals surface area contributed by atoms with E-state index in [2.05, 4.69) is 26.7 Å². The molecule has 2 atom stereocenters. The van der Waals surface area contributed by atoms with Gasteiger partial charge in [-0.3, -0.25) is 9.88 Å². The molecule has 0 radical (unpaired) electrons. The van der Waals surface area contributed by atoms with Gasteiger partial charge < -0.3 is 9.47 Å². The number of hydrogen-bond donors (Lipinski definition) is 0. The average molecular weight is 344 g/mol. The number of pyridine rings is 1. The molecule has 0 bridgehead atoms. The fourth-order valence-corrected chi connectivity index (χ4v) is 4.51. The molecule has 4 rings (SSSR count). The molecular formula is C19H24N2O2S. The molecule has 0 unspecified atom stereocenters. The number of ether oxygens (including phenoxy) is 2. The summed E-state index contributed by atoms with van der Waals surface area (Å²) in [5.41, 5.74) is 2.59. The summed E-state index contributed by atoms with van der Waals surface area (Å²) in [6, 6.07) is 6.24. The monoisotopic (exact) mass is 344 g/mol. The molecule has 24 heavy (non-hydrogen) atoms. The van der Waals surface area contributed by atoms with Crippen LogP contribution >= 0.6 is 11.3 Å². The van der Waals surface area contributed by atoms with Crippen molar-refractivity contribution in [3.63, 3.8) is 0 Å². The highest BCUT2D eigenvalue weighted by Crippen LogP contribution is 2.36. The molecule has 2 saturated heterocycles. The first kappa shape index (κ1) is 16.2. The van der Waals surface area contributed by atoms with Crippen LogP contribution in [0.5, 0.6) is 0 Å². The second-order valence-electron chi connectivity index (χ2n) is 6.93. The Hall–Kier alpha value is -1.27. The second-order valence-corrected chi connectivity index (χ2v) is 7.71. The van der Waals surface area contributed by atoms with Crippen LogP contribution in [-0.2, 0) is 22.6 Å². The maximum atomic E-state index is 6.26. The lowest BCUT2D eigenvalue weighted by molar-refractivity contribution is -0.0548. The Morgan fingerprint density at radius 2 is 2.21 bits per heavy atom. The van der Waals surface area contributed by atoms with Crippen molar-refractivity contribution >= 4 is 11.3 Å². The Morgan fingerprint density at radius 3 is 3.04 bits per heavy atom. The van der Waals surface area contributed by atoms with Gasteiger partial charge in [-0.2, -0.15) is 11.3 Å². The van der Waals surface area contributed by atoms with Crippen LogP contribution in [0.1, 0.15) is 30.4 Å². The number of hydrogen-bond acceptors (Lipinski definition) is 5. The summed E-state index contributed by atoms with van der Waals surface area (Å²) < 4.78 is 12.3. The van der Waals surface area contributed by atoms with Crippen molar-refractivity contribution in [1.82, 2.24) is 9.88 Å². The van der Waals surface area contributed by atoms with Gasteiger partial charge in [-0.15, -0.1) is 0 Å². The van der Waals surface area contributed by atoms with Crippen LogP contribution < -0.4 is 0 Å². The summed E-state index contributed by atoms with van der Waals surface area (Å²) in [5.74, 6) is 0.